The predicted octanol–water partition coefficient (Wildman–Crippen LogP) is 15.2. The average Bonchev–Trinajstić information content (AvgIpc) is 3.42. The fourth-order valence-electron chi connectivity index (χ4n) is 8.16. The Morgan fingerprint density at radius 2 is 0.829 bits per heavy atom. The largest absolute Gasteiger partial charge is 0.394 e. The number of carbonyl (C=O) groups excluding carboxylic acids is 1. The van der Waals surface area contributed by atoms with Gasteiger partial charge in [-0.2, -0.15) is 0 Å². The second-order valence-electron chi connectivity index (χ2n) is 19.7. The van der Waals surface area contributed by atoms with Crippen LogP contribution in [-0.2, 0) is 14.3 Å². The number of unbranched alkanes of at least 4 members (excludes halogenated alkanes) is 14. The molecule has 6 N–H and O–H groups in total. The molecule has 9 heteroatoms. The molecule has 0 radical (unpaired) electrons. The molecule has 0 saturated carbocycles. The van der Waals surface area contributed by atoms with E-state index in [9.17, 15) is 30.3 Å². The number of allylic oxidation sites excluding steroid dienone is 25. The maximum Gasteiger partial charge on any atom is 0.220 e. The SMILES string of the molecule is CC/C=C\C/C=C\C/C=C\C/C=C\C/C=C\C/C=C\C/C=C\C/C=C\C/C=C\C/C=C\CCCCCCCCC(=O)NC(COC1OC(CO)C(O)C(O)C1O)C(O)/C=C/CC/C=C/CC/C=C/CCCCCCCC. The van der Waals surface area contributed by atoms with Gasteiger partial charge in [0, 0.05) is 6.42 Å². The fraction of sp³-hybridized carbons (Fsp3) is 0.597. The zero-order chi connectivity index (χ0) is 55.0. The summed E-state index contributed by atoms with van der Waals surface area (Å²) in [7, 11) is 0. The highest BCUT2D eigenvalue weighted by Crippen LogP contribution is 2.22. The van der Waals surface area contributed by atoms with E-state index in [1.54, 1.807) is 6.08 Å². The summed E-state index contributed by atoms with van der Waals surface area (Å²) in [6.07, 6.45) is 78.8. The molecule has 0 aromatic carbocycles. The molecular weight excluding hydrogens is 947 g/mol. The van der Waals surface area contributed by atoms with Crippen LogP contribution in [0.2, 0.25) is 0 Å². The molecule has 1 aliphatic heterocycles. The van der Waals surface area contributed by atoms with Gasteiger partial charge in [0.25, 0.3) is 0 Å². The molecule has 9 nitrogen and oxygen atoms in total. The summed E-state index contributed by atoms with van der Waals surface area (Å²) in [5.41, 5.74) is 0. The zero-order valence-corrected chi connectivity index (χ0v) is 47.4. The van der Waals surface area contributed by atoms with E-state index in [0.29, 0.717) is 12.8 Å². The van der Waals surface area contributed by atoms with Crippen LogP contribution in [0.1, 0.15) is 200 Å². The standard InChI is InChI=1S/C67H107NO8/c1-3-5-7-9-11-13-15-17-19-21-22-23-24-25-26-27-28-29-30-31-32-33-34-35-36-37-38-39-40-41-43-45-47-49-51-53-55-57-63(71)68-60(59-75-67-66(74)65(73)64(72)62(58-69)76-67)61(70)56-54-52-50-48-46-44-42-20-18-16-14-12-10-8-6-4-2/h5,7,11,13,17-20,22-23,25-26,28-29,31-32,34-35,37-38,40-41,46,48,54,56,60-62,64-67,69-70,72-74H,3-4,6,8-10,12,14-16,21,24,27,30,33,36,39,42-45,47,49-53,55,57-59H2,1-2H3,(H,68,71)/b7-5-,13-11-,19-17-,20-18+,23-22-,26-25-,29-28-,32-31-,35-34-,38-37-,41-40-,48-46+,56-54+. The normalized spacial score (nSPS) is 20.0. The van der Waals surface area contributed by atoms with E-state index < -0.39 is 49.5 Å². The second kappa shape index (κ2) is 54.2. The van der Waals surface area contributed by atoms with E-state index in [1.807, 2.05) is 6.08 Å². The van der Waals surface area contributed by atoms with Gasteiger partial charge in [-0.1, -0.05) is 230 Å². The molecule has 0 aliphatic carbocycles. The van der Waals surface area contributed by atoms with Gasteiger partial charge in [-0.3, -0.25) is 4.79 Å². The Hall–Kier alpha value is -4.19. The summed E-state index contributed by atoms with van der Waals surface area (Å²) in [5, 5.41) is 54.4. The van der Waals surface area contributed by atoms with Crippen molar-refractivity contribution in [3.05, 3.63) is 158 Å². The van der Waals surface area contributed by atoms with Crippen molar-refractivity contribution in [3.63, 3.8) is 0 Å². The third-order valence-corrected chi connectivity index (χ3v) is 12.8. The number of rotatable bonds is 48. The summed E-state index contributed by atoms with van der Waals surface area (Å²) >= 11 is 0. The zero-order valence-electron chi connectivity index (χ0n) is 47.4. The smallest absolute Gasteiger partial charge is 0.220 e. The molecule has 1 amide bonds. The van der Waals surface area contributed by atoms with Crippen molar-refractivity contribution in [2.24, 2.45) is 0 Å². The molecule has 1 heterocycles. The maximum absolute atomic E-state index is 13.0. The molecule has 0 aromatic rings. The van der Waals surface area contributed by atoms with Gasteiger partial charge in [0.05, 0.1) is 25.4 Å². The van der Waals surface area contributed by atoms with Crippen LogP contribution < -0.4 is 5.32 Å². The van der Waals surface area contributed by atoms with Gasteiger partial charge in [-0.15, -0.1) is 0 Å². The minimum Gasteiger partial charge on any atom is -0.394 e. The van der Waals surface area contributed by atoms with Gasteiger partial charge in [0.15, 0.2) is 6.29 Å². The van der Waals surface area contributed by atoms with Crippen molar-refractivity contribution in [2.45, 2.75) is 243 Å². The second-order valence-corrected chi connectivity index (χ2v) is 19.7. The number of nitrogens with one attached hydrogen (secondary N) is 1. The van der Waals surface area contributed by atoms with E-state index in [-0.39, 0.29) is 12.5 Å². The van der Waals surface area contributed by atoms with Gasteiger partial charge in [-0.05, 0) is 122 Å². The molecule has 1 saturated heterocycles. The van der Waals surface area contributed by atoms with Gasteiger partial charge in [0.2, 0.25) is 5.91 Å². The van der Waals surface area contributed by atoms with E-state index in [0.717, 1.165) is 135 Å². The Kier molecular flexibility index (Phi) is 49.8. The molecule has 7 atom stereocenters. The monoisotopic (exact) mass is 1050 g/mol. The third-order valence-electron chi connectivity index (χ3n) is 12.8. The molecule has 1 fully saturated rings. The van der Waals surface area contributed by atoms with Gasteiger partial charge in [0.1, 0.15) is 24.4 Å². The Morgan fingerprint density at radius 1 is 0.461 bits per heavy atom. The number of ether oxygens (including phenoxy) is 2. The summed E-state index contributed by atoms with van der Waals surface area (Å²) in [5.74, 6) is -0.213. The van der Waals surface area contributed by atoms with Crippen LogP contribution in [0.4, 0.5) is 0 Å². The summed E-state index contributed by atoms with van der Waals surface area (Å²) in [4.78, 5) is 13.0. The summed E-state index contributed by atoms with van der Waals surface area (Å²) in [6, 6.07) is -0.848. The average molecular weight is 1050 g/mol. The van der Waals surface area contributed by atoms with Crippen molar-refractivity contribution in [3.8, 4) is 0 Å². The van der Waals surface area contributed by atoms with E-state index >= 15 is 0 Å². The molecule has 76 heavy (non-hydrogen) atoms. The Balaban J connectivity index is 2.24. The number of amides is 1. The summed E-state index contributed by atoms with van der Waals surface area (Å²) in [6.45, 7) is 3.60. The van der Waals surface area contributed by atoms with Crippen LogP contribution >= 0.6 is 0 Å². The molecule has 428 valence electrons. The number of aliphatic hydroxyl groups is 5. The Labute approximate surface area is 463 Å². The first-order chi connectivity index (χ1) is 37.3. The minimum absolute atomic E-state index is 0.213. The number of carbonyl (C=O) groups is 1. The van der Waals surface area contributed by atoms with Crippen LogP contribution in [0.15, 0.2) is 158 Å². The first-order valence-electron chi connectivity index (χ1n) is 29.7. The lowest BCUT2D eigenvalue weighted by molar-refractivity contribution is -0.302. The highest BCUT2D eigenvalue weighted by atomic mass is 16.7. The predicted molar refractivity (Wildman–Crippen MR) is 322 cm³/mol. The molecule has 1 aliphatic rings. The van der Waals surface area contributed by atoms with Gasteiger partial charge in [-0.25, -0.2) is 0 Å². The summed E-state index contributed by atoms with van der Waals surface area (Å²) < 4.78 is 11.2. The maximum atomic E-state index is 13.0. The Morgan fingerprint density at radius 3 is 1.26 bits per heavy atom. The first-order valence-corrected chi connectivity index (χ1v) is 29.7. The number of hydrogen-bond acceptors (Lipinski definition) is 8. The van der Waals surface area contributed by atoms with Crippen molar-refractivity contribution >= 4 is 5.91 Å². The lowest BCUT2D eigenvalue weighted by Crippen LogP contribution is -2.60. The van der Waals surface area contributed by atoms with E-state index in [2.05, 4.69) is 165 Å². The van der Waals surface area contributed by atoms with Crippen LogP contribution in [-0.4, -0.2) is 87.5 Å². The van der Waals surface area contributed by atoms with Crippen LogP contribution in [0, 0.1) is 0 Å². The lowest BCUT2D eigenvalue weighted by Gasteiger charge is -2.40. The van der Waals surface area contributed by atoms with Crippen molar-refractivity contribution in [1.29, 1.82) is 0 Å². The lowest BCUT2D eigenvalue weighted by atomic mass is 9.99. The van der Waals surface area contributed by atoms with Gasteiger partial charge >= 0.3 is 0 Å². The topological polar surface area (TPSA) is 149 Å². The highest BCUT2D eigenvalue weighted by molar-refractivity contribution is 5.76. The number of hydrogen-bond donors (Lipinski definition) is 6. The Bertz CT molecular complexity index is 1740. The van der Waals surface area contributed by atoms with Crippen molar-refractivity contribution < 1.29 is 39.8 Å². The molecule has 0 bridgehead atoms. The molecule has 0 spiro atoms. The third kappa shape index (κ3) is 42.9. The van der Waals surface area contributed by atoms with Gasteiger partial charge < -0.3 is 40.3 Å². The molecule has 7 unspecified atom stereocenters. The highest BCUT2D eigenvalue weighted by Gasteiger charge is 2.44. The van der Waals surface area contributed by atoms with E-state index in [1.165, 1.54) is 38.5 Å². The van der Waals surface area contributed by atoms with Crippen molar-refractivity contribution in [2.75, 3.05) is 13.2 Å². The molecule has 0 aromatic heterocycles. The van der Waals surface area contributed by atoms with Crippen LogP contribution in [0.3, 0.4) is 0 Å². The van der Waals surface area contributed by atoms with Crippen LogP contribution in [0.5, 0.6) is 0 Å². The minimum atomic E-state index is -1.59. The molecule has 1 rings (SSSR count). The van der Waals surface area contributed by atoms with Crippen molar-refractivity contribution in [1.82, 2.24) is 5.32 Å². The first kappa shape index (κ1) is 69.8. The van der Waals surface area contributed by atoms with Crippen LogP contribution in [0.25, 0.3) is 0 Å². The molecular formula is C67H107NO8. The van der Waals surface area contributed by atoms with E-state index in [4.69, 9.17) is 9.47 Å². The number of aliphatic hydroxyl groups excluding tert-OH is 5. The fourth-order valence-corrected chi connectivity index (χ4v) is 8.16. The quantitative estimate of drug-likeness (QED) is 0.0261.